The van der Waals surface area contributed by atoms with E-state index in [0.29, 0.717) is 5.69 Å². The number of carbonyl (C=O) groups is 3. The maximum absolute atomic E-state index is 13.7. The van der Waals surface area contributed by atoms with Gasteiger partial charge in [-0.1, -0.05) is 54.6 Å². The fourth-order valence-corrected chi connectivity index (χ4v) is 5.45. The second kappa shape index (κ2) is 6.28. The number of hydrogen-bond acceptors (Lipinski definition) is 4. The third-order valence-electron chi connectivity index (χ3n) is 6.74. The molecular weight excluding hydrogens is 390 g/mol. The Morgan fingerprint density at radius 3 is 2.35 bits per heavy atom. The van der Waals surface area contributed by atoms with Gasteiger partial charge < -0.3 is 10.6 Å². The van der Waals surface area contributed by atoms with Gasteiger partial charge in [0.2, 0.25) is 17.7 Å². The van der Waals surface area contributed by atoms with Crippen molar-refractivity contribution in [3.05, 3.63) is 84.1 Å². The Morgan fingerprint density at radius 1 is 0.839 bits per heavy atom. The van der Waals surface area contributed by atoms with E-state index < -0.39 is 29.8 Å². The van der Waals surface area contributed by atoms with Gasteiger partial charge in [-0.05, 0) is 40.1 Å². The number of carbonyl (C=O) groups excluding carboxylic acids is 3. The van der Waals surface area contributed by atoms with Gasteiger partial charge in [-0.25, -0.2) is 4.90 Å². The highest BCUT2D eigenvalue weighted by Gasteiger charge is 2.64. The number of hydrogen-bond donors (Lipinski definition) is 1. The molecule has 6 nitrogen and oxygen atoms in total. The molecule has 0 spiro atoms. The van der Waals surface area contributed by atoms with E-state index in [0.717, 1.165) is 21.9 Å². The van der Waals surface area contributed by atoms with E-state index in [-0.39, 0.29) is 11.8 Å². The summed E-state index contributed by atoms with van der Waals surface area (Å²) in [5.74, 6) is -2.72. The van der Waals surface area contributed by atoms with Gasteiger partial charge in [0, 0.05) is 6.20 Å². The van der Waals surface area contributed by atoms with Gasteiger partial charge in [-0.15, -0.1) is 0 Å². The number of benzene rings is 3. The molecule has 4 atom stereocenters. The summed E-state index contributed by atoms with van der Waals surface area (Å²) in [5, 5.41) is 1.97. The quantitative estimate of drug-likeness (QED) is 0.660. The van der Waals surface area contributed by atoms with Gasteiger partial charge in [0.15, 0.2) is 0 Å². The van der Waals surface area contributed by atoms with Gasteiger partial charge >= 0.3 is 0 Å². The summed E-state index contributed by atoms with van der Waals surface area (Å²) in [6, 6.07) is 19.8. The van der Waals surface area contributed by atoms with Crippen LogP contribution in [0.25, 0.3) is 16.8 Å². The summed E-state index contributed by atoms with van der Waals surface area (Å²) in [7, 11) is 0. The smallest absolute Gasteiger partial charge is 0.240 e. The topological polar surface area (TPSA) is 83.7 Å². The summed E-state index contributed by atoms with van der Waals surface area (Å²) in [5.41, 5.74) is 8.19. The first-order valence-corrected chi connectivity index (χ1v) is 10.3. The van der Waals surface area contributed by atoms with Gasteiger partial charge in [0.25, 0.3) is 0 Å². The van der Waals surface area contributed by atoms with Gasteiger partial charge in [0.1, 0.15) is 6.04 Å². The lowest BCUT2D eigenvalue weighted by Gasteiger charge is -2.34. The first-order chi connectivity index (χ1) is 15.1. The highest BCUT2D eigenvalue weighted by molar-refractivity contribution is 6.24. The Kier molecular flexibility index (Phi) is 3.63. The molecule has 31 heavy (non-hydrogen) atoms. The molecule has 6 heteroatoms. The maximum atomic E-state index is 13.7. The fraction of sp³-hybridized carbons (Fsp3) is 0.160. The minimum Gasteiger partial charge on any atom is -0.368 e. The summed E-state index contributed by atoms with van der Waals surface area (Å²) in [6.45, 7) is 0. The zero-order valence-electron chi connectivity index (χ0n) is 16.5. The number of nitrogens with zero attached hydrogens (tertiary/aromatic N) is 2. The normalized spacial score (nSPS) is 26.2. The van der Waals surface area contributed by atoms with Gasteiger partial charge in [-0.2, -0.15) is 0 Å². The summed E-state index contributed by atoms with van der Waals surface area (Å²) < 4.78 is 0. The second-order valence-corrected chi connectivity index (χ2v) is 8.28. The minimum absolute atomic E-state index is 0.283. The van der Waals surface area contributed by atoms with Crippen LogP contribution in [0.4, 0.5) is 5.69 Å². The SMILES string of the molecule is NC(=O)C1C2C(=O)N(c3ccc4ccccc4c3)C(=O)C2C2c3ccccc3C=CN12. The number of imide groups is 1. The van der Waals surface area contributed by atoms with Crippen LogP contribution in [0.1, 0.15) is 17.2 Å². The van der Waals surface area contributed by atoms with Crippen LogP contribution in [-0.2, 0) is 14.4 Å². The van der Waals surface area contributed by atoms with Crippen molar-refractivity contribution in [3.8, 4) is 0 Å². The van der Waals surface area contributed by atoms with Crippen LogP contribution in [0, 0.1) is 11.8 Å². The summed E-state index contributed by atoms with van der Waals surface area (Å²) >= 11 is 0. The van der Waals surface area contributed by atoms with Crippen molar-refractivity contribution < 1.29 is 14.4 Å². The number of anilines is 1. The van der Waals surface area contributed by atoms with Crippen molar-refractivity contribution in [1.82, 2.24) is 4.90 Å². The number of primary amides is 1. The molecule has 3 aromatic carbocycles. The molecule has 3 amide bonds. The molecule has 152 valence electrons. The van der Waals surface area contributed by atoms with E-state index in [1.54, 1.807) is 17.2 Å². The van der Waals surface area contributed by atoms with E-state index in [4.69, 9.17) is 5.73 Å². The second-order valence-electron chi connectivity index (χ2n) is 8.28. The molecule has 4 unspecified atom stereocenters. The van der Waals surface area contributed by atoms with Crippen molar-refractivity contribution in [2.24, 2.45) is 17.6 Å². The average molecular weight is 409 g/mol. The molecule has 0 radical (unpaired) electrons. The molecule has 0 aliphatic carbocycles. The van der Waals surface area contributed by atoms with E-state index in [1.165, 1.54) is 4.90 Å². The number of fused-ring (bicyclic) bond motifs is 6. The first-order valence-electron chi connectivity index (χ1n) is 10.3. The van der Waals surface area contributed by atoms with E-state index in [1.807, 2.05) is 66.7 Å². The van der Waals surface area contributed by atoms with Gasteiger partial charge in [0.05, 0.1) is 23.6 Å². The first kappa shape index (κ1) is 17.9. The molecule has 2 saturated heterocycles. The van der Waals surface area contributed by atoms with Crippen LogP contribution >= 0.6 is 0 Å². The molecular formula is C25H19N3O3. The monoisotopic (exact) mass is 409 g/mol. The van der Waals surface area contributed by atoms with E-state index in [9.17, 15) is 14.4 Å². The van der Waals surface area contributed by atoms with E-state index in [2.05, 4.69) is 0 Å². The molecule has 0 bridgehead atoms. The fourth-order valence-electron chi connectivity index (χ4n) is 5.45. The molecule has 3 aromatic rings. The lowest BCUT2D eigenvalue weighted by atomic mass is 9.84. The lowest BCUT2D eigenvalue weighted by molar-refractivity contribution is -0.129. The van der Waals surface area contributed by atoms with Crippen molar-refractivity contribution in [2.75, 3.05) is 4.90 Å². The van der Waals surface area contributed by atoms with Crippen LogP contribution in [0.3, 0.4) is 0 Å². The van der Waals surface area contributed by atoms with Crippen LogP contribution in [-0.4, -0.2) is 28.7 Å². The number of nitrogens with two attached hydrogens (primary N) is 1. The van der Waals surface area contributed by atoms with Crippen molar-refractivity contribution >= 4 is 40.3 Å². The van der Waals surface area contributed by atoms with Crippen LogP contribution in [0.15, 0.2) is 72.9 Å². The third-order valence-corrected chi connectivity index (χ3v) is 6.74. The Morgan fingerprint density at radius 2 is 1.55 bits per heavy atom. The summed E-state index contributed by atoms with van der Waals surface area (Å²) in [6.07, 6.45) is 3.69. The Labute approximate surface area is 178 Å². The van der Waals surface area contributed by atoms with Crippen molar-refractivity contribution in [3.63, 3.8) is 0 Å². The average Bonchev–Trinajstić information content (AvgIpc) is 3.26. The summed E-state index contributed by atoms with van der Waals surface area (Å²) in [4.78, 5) is 42.7. The van der Waals surface area contributed by atoms with E-state index >= 15 is 0 Å². The minimum atomic E-state index is -0.860. The Bertz CT molecular complexity index is 1310. The molecule has 2 N–H and O–H groups in total. The molecule has 3 aliphatic rings. The third kappa shape index (κ3) is 2.36. The number of amides is 3. The van der Waals surface area contributed by atoms with Crippen LogP contribution in [0.5, 0.6) is 0 Å². The van der Waals surface area contributed by atoms with Gasteiger partial charge in [-0.3, -0.25) is 14.4 Å². The largest absolute Gasteiger partial charge is 0.368 e. The Hall–Kier alpha value is -3.93. The molecule has 3 heterocycles. The maximum Gasteiger partial charge on any atom is 0.240 e. The molecule has 0 saturated carbocycles. The molecule has 0 aromatic heterocycles. The highest BCUT2D eigenvalue weighted by Crippen LogP contribution is 2.53. The zero-order chi connectivity index (χ0) is 21.3. The lowest BCUT2D eigenvalue weighted by Crippen LogP contribution is -2.46. The van der Waals surface area contributed by atoms with Crippen molar-refractivity contribution in [1.29, 1.82) is 0 Å². The Balaban J connectivity index is 1.49. The van der Waals surface area contributed by atoms with Crippen LogP contribution < -0.4 is 10.6 Å². The molecule has 2 fully saturated rings. The predicted molar refractivity (Wildman–Crippen MR) is 116 cm³/mol. The standard InChI is InChI=1S/C25H19N3O3/c26-23(29)22-20-19(21-18-8-4-3-6-15(18)11-12-27(21)22)24(30)28(25(20)31)17-10-9-14-5-1-2-7-16(14)13-17/h1-13,19-22H,(H2,26,29). The van der Waals surface area contributed by atoms with Crippen molar-refractivity contribution in [2.45, 2.75) is 12.1 Å². The zero-order valence-corrected chi connectivity index (χ0v) is 16.5. The number of rotatable bonds is 2. The molecule has 6 rings (SSSR count). The van der Waals surface area contributed by atoms with Crippen LogP contribution in [0.2, 0.25) is 0 Å². The molecule has 3 aliphatic heterocycles. The highest BCUT2D eigenvalue weighted by atomic mass is 16.2. The predicted octanol–water partition coefficient (Wildman–Crippen LogP) is 2.84.